The fourth-order valence-electron chi connectivity index (χ4n) is 1.90. The topological polar surface area (TPSA) is 114 Å². The SMILES string of the molecule is O=C([O-])c1ccc[n+]([C@@H]2O[C@H](CO)[C@@H](O)[C@H]2O)c1. The average Bonchev–Trinajstić information content (AvgIpc) is 2.66. The fourth-order valence-corrected chi connectivity index (χ4v) is 1.90. The van der Waals surface area contributed by atoms with E-state index in [9.17, 15) is 20.1 Å². The molecule has 2 heterocycles. The van der Waals surface area contributed by atoms with Crippen LogP contribution < -0.4 is 9.67 Å². The van der Waals surface area contributed by atoms with Crippen LogP contribution in [-0.4, -0.2) is 46.2 Å². The molecule has 0 amide bonds. The van der Waals surface area contributed by atoms with Crippen LogP contribution in [0.3, 0.4) is 0 Å². The molecule has 1 fully saturated rings. The molecule has 0 spiro atoms. The molecule has 18 heavy (non-hydrogen) atoms. The first kappa shape index (κ1) is 12.9. The minimum Gasteiger partial charge on any atom is -0.545 e. The molecule has 2 rings (SSSR count). The molecule has 0 bridgehead atoms. The summed E-state index contributed by atoms with van der Waals surface area (Å²) in [5, 5.41) is 39.0. The van der Waals surface area contributed by atoms with Crippen molar-refractivity contribution < 1.29 is 34.5 Å². The first-order valence-electron chi connectivity index (χ1n) is 5.39. The van der Waals surface area contributed by atoms with E-state index in [-0.39, 0.29) is 5.56 Å². The van der Waals surface area contributed by atoms with Gasteiger partial charge in [-0.2, -0.15) is 4.57 Å². The molecule has 0 saturated carbocycles. The fraction of sp³-hybridized carbons (Fsp3) is 0.455. The average molecular weight is 255 g/mol. The maximum absolute atomic E-state index is 10.7. The van der Waals surface area contributed by atoms with Crippen molar-refractivity contribution in [2.75, 3.05) is 6.61 Å². The number of hydrogen-bond acceptors (Lipinski definition) is 6. The van der Waals surface area contributed by atoms with E-state index in [4.69, 9.17) is 9.84 Å². The third-order valence-corrected chi connectivity index (χ3v) is 2.87. The molecule has 1 aliphatic heterocycles. The number of carbonyl (C=O) groups excluding carboxylic acids is 1. The van der Waals surface area contributed by atoms with Crippen LogP contribution in [0, 0.1) is 0 Å². The minimum atomic E-state index is -1.35. The number of rotatable bonds is 3. The van der Waals surface area contributed by atoms with Gasteiger partial charge in [0.2, 0.25) is 0 Å². The Balaban J connectivity index is 2.27. The van der Waals surface area contributed by atoms with Crippen LogP contribution in [0.25, 0.3) is 0 Å². The zero-order valence-corrected chi connectivity index (χ0v) is 9.34. The molecule has 3 N–H and O–H groups in total. The summed E-state index contributed by atoms with van der Waals surface area (Å²) in [4.78, 5) is 10.7. The van der Waals surface area contributed by atoms with Gasteiger partial charge in [-0.25, -0.2) is 0 Å². The van der Waals surface area contributed by atoms with Gasteiger partial charge in [-0.1, -0.05) is 0 Å². The van der Waals surface area contributed by atoms with E-state index < -0.39 is 37.1 Å². The van der Waals surface area contributed by atoms with Gasteiger partial charge in [0, 0.05) is 6.07 Å². The Morgan fingerprint density at radius 2 is 2.17 bits per heavy atom. The van der Waals surface area contributed by atoms with Crippen LogP contribution in [0.5, 0.6) is 0 Å². The van der Waals surface area contributed by atoms with Gasteiger partial charge in [-0.3, -0.25) is 0 Å². The van der Waals surface area contributed by atoms with Crippen molar-refractivity contribution >= 4 is 5.97 Å². The highest BCUT2D eigenvalue weighted by molar-refractivity contribution is 5.84. The molecular formula is C11H13NO6. The maximum atomic E-state index is 10.7. The largest absolute Gasteiger partial charge is 0.545 e. The van der Waals surface area contributed by atoms with Crippen LogP contribution in [0.1, 0.15) is 16.6 Å². The van der Waals surface area contributed by atoms with Gasteiger partial charge >= 0.3 is 0 Å². The molecule has 7 nitrogen and oxygen atoms in total. The van der Waals surface area contributed by atoms with Crippen molar-refractivity contribution in [1.82, 2.24) is 0 Å². The van der Waals surface area contributed by atoms with Crippen molar-refractivity contribution in [2.45, 2.75) is 24.5 Å². The summed E-state index contributed by atoms with van der Waals surface area (Å²) < 4.78 is 6.57. The van der Waals surface area contributed by atoms with E-state index in [1.807, 2.05) is 0 Å². The van der Waals surface area contributed by atoms with E-state index in [2.05, 4.69) is 0 Å². The summed E-state index contributed by atoms with van der Waals surface area (Å²) in [6.45, 7) is -0.435. The molecule has 0 aromatic carbocycles. The van der Waals surface area contributed by atoms with Crippen molar-refractivity contribution in [1.29, 1.82) is 0 Å². The van der Waals surface area contributed by atoms with Gasteiger partial charge in [0.05, 0.1) is 18.1 Å². The van der Waals surface area contributed by atoms with Gasteiger partial charge in [-0.15, -0.1) is 0 Å². The van der Waals surface area contributed by atoms with Crippen LogP contribution in [0.2, 0.25) is 0 Å². The first-order chi connectivity index (χ1) is 8.54. The second kappa shape index (κ2) is 4.99. The predicted molar refractivity (Wildman–Crippen MR) is 54.0 cm³/mol. The molecule has 1 aromatic heterocycles. The Kier molecular flexibility index (Phi) is 3.58. The third-order valence-electron chi connectivity index (χ3n) is 2.87. The number of carbonyl (C=O) groups is 1. The highest BCUT2D eigenvalue weighted by atomic mass is 16.6. The Hall–Kier alpha value is -1.54. The molecule has 7 heteroatoms. The summed E-state index contributed by atoms with van der Waals surface area (Å²) in [6.07, 6.45) is -1.59. The highest BCUT2D eigenvalue weighted by Gasteiger charge is 2.47. The normalized spacial score (nSPS) is 31.5. The lowest BCUT2D eigenvalue weighted by Gasteiger charge is -2.10. The smallest absolute Gasteiger partial charge is 0.292 e. The molecule has 0 unspecified atom stereocenters. The van der Waals surface area contributed by atoms with Gasteiger partial charge in [0.15, 0.2) is 18.5 Å². The molecule has 1 saturated heterocycles. The Morgan fingerprint density at radius 1 is 1.44 bits per heavy atom. The Bertz CT molecular complexity index is 451. The number of carboxylic acids is 1. The minimum absolute atomic E-state index is 0.0739. The van der Waals surface area contributed by atoms with Gasteiger partial charge in [-0.05, 0) is 6.07 Å². The summed E-state index contributed by atoms with van der Waals surface area (Å²) in [6, 6.07) is 2.80. The Morgan fingerprint density at radius 3 is 2.72 bits per heavy atom. The quantitative estimate of drug-likeness (QED) is 0.494. The third kappa shape index (κ3) is 2.21. The van der Waals surface area contributed by atoms with E-state index >= 15 is 0 Å². The standard InChI is InChI=1S/C11H13NO6/c13-5-7-8(14)9(15)10(18-7)12-3-1-2-6(4-12)11(16)17/h1-4,7-10,13-15H,5H2/t7-,8-,9-,10-/m1/s1. The first-order valence-corrected chi connectivity index (χ1v) is 5.39. The lowest BCUT2D eigenvalue weighted by Crippen LogP contribution is -2.46. The number of aromatic nitrogens is 1. The van der Waals surface area contributed by atoms with E-state index in [0.717, 1.165) is 0 Å². The lowest BCUT2D eigenvalue weighted by atomic mass is 10.1. The molecule has 4 atom stereocenters. The van der Waals surface area contributed by atoms with Gasteiger partial charge < -0.3 is 30.0 Å². The second-order valence-electron chi connectivity index (χ2n) is 4.06. The molecule has 98 valence electrons. The van der Waals surface area contributed by atoms with Gasteiger partial charge in [0.1, 0.15) is 12.2 Å². The number of aliphatic hydroxyl groups excluding tert-OH is 3. The molecule has 1 aliphatic rings. The lowest BCUT2D eigenvalue weighted by molar-refractivity contribution is -0.765. The number of hydrogen-bond donors (Lipinski definition) is 3. The van der Waals surface area contributed by atoms with E-state index in [1.165, 1.54) is 29.1 Å². The summed E-state index contributed by atoms with van der Waals surface area (Å²) in [7, 11) is 0. The predicted octanol–water partition coefficient (Wildman–Crippen LogP) is -3.05. The number of aliphatic hydroxyl groups is 3. The molecule has 1 aromatic rings. The molecule has 0 aliphatic carbocycles. The highest BCUT2D eigenvalue weighted by Crippen LogP contribution is 2.24. The van der Waals surface area contributed by atoms with Crippen LogP contribution in [0.4, 0.5) is 0 Å². The van der Waals surface area contributed by atoms with Crippen LogP contribution >= 0.6 is 0 Å². The number of pyridine rings is 1. The monoisotopic (exact) mass is 255 g/mol. The van der Waals surface area contributed by atoms with Crippen LogP contribution in [0.15, 0.2) is 24.5 Å². The van der Waals surface area contributed by atoms with Crippen LogP contribution in [-0.2, 0) is 4.74 Å². The van der Waals surface area contributed by atoms with Crippen molar-refractivity contribution in [3.05, 3.63) is 30.1 Å². The number of nitrogens with zero attached hydrogens (tertiary/aromatic N) is 1. The number of aromatic carboxylic acids is 1. The van der Waals surface area contributed by atoms with E-state index in [0.29, 0.717) is 0 Å². The molecular weight excluding hydrogens is 242 g/mol. The second-order valence-corrected chi connectivity index (χ2v) is 4.06. The maximum Gasteiger partial charge on any atom is 0.292 e. The zero-order valence-electron chi connectivity index (χ0n) is 9.34. The Labute approximate surface area is 102 Å². The summed E-state index contributed by atoms with van der Waals surface area (Å²) in [5.74, 6) is -1.35. The zero-order chi connectivity index (χ0) is 13.3. The summed E-state index contributed by atoms with van der Waals surface area (Å²) in [5.41, 5.74) is -0.0739. The molecule has 0 radical (unpaired) electrons. The van der Waals surface area contributed by atoms with Gasteiger partial charge in [0.25, 0.3) is 6.23 Å². The number of ether oxygens (including phenoxy) is 1. The number of carboxylic acid groups (broad SMARTS) is 1. The van der Waals surface area contributed by atoms with E-state index in [1.54, 1.807) is 0 Å². The van der Waals surface area contributed by atoms with Crippen molar-refractivity contribution in [3.8, 4) is 0 Å². The van der Waals surface area contributed by atoms with Crippen molar-refractivity contribution in [3.63, 3.8) is 0 Å². The van der Waals surface area contributed by atoms with Crippen molar-refractivity contribution in [2.24, 2.45) is 0 Å². The summed E-state index contributed by atoms with van der Waals surface area (Å²) >= 11 is 0.